The molecule has 4 heteroatoms. The molecule has 0 fully saturated rings. The predicted molar refractivity (Wildman–Crippen MR) is 68.0 cm³/mol. The van der Waals surface area contributed by atoms with Gasteiger partial charge >= 0.3 is 0 Å². The summed E-state index contributed by atoms with van der Waals surface area (Å²) in [5.74, 6) is 2.61. The smallest absolute Gasteiger partial charge is 0.230 e. The Kier molecular flexibility index (Phi) is 7.88. The van der Waals surface area contributed by atoms with E-state index in [4.69, 9.17) is 5.73 Å². The number of hydrogen-bond donors (Lipinski definition) is 2. The number of amides is 1. The minimum absolute atomic E-state index is 0.130. The van der Waals surface area contributed by atoms with Crippen LogP contribution in [0.15, 0.2) is 0 Å². The second-order valence-electron chi connectivity index (χ2n) is 4.46. The number of rotatable bonds is 7. The van der Waals surface area contributed by atoms with Gasteiger partial charge in [0.05, 0.1) is 5.75 Å². The molecule has 90 valence electrons. The lowest BCUT2D eigenvalue weighted by molar-refractivity contribution is -0.119. The highest BCUT2D eigenvalue weighted by atomic mass is 32.2. The van der Waals surface area contributed by atoms with Crippen LogP contribution < -0.4 is 11.1 Å². The lowest BCUT2D eigenvalue weighted by Gasteiger charge is -2.17. The third kappa shape index (κ3) is 7.68. The van der Waals surface area contributed by atoms with E-state index in [1.54, 1.807) is 11.8 Å². The zero-order valence-electron chi connectivity index (χ0n) is 10.2. The molecule has 0 aromatic heterocycles. The second kappa shape index (κ2) is 7.99. The zero-order valence-corrected chi connectivity index (χ0v) is 11.1. The number of carbonyl (C=O) groups is 1. The Morgan fingerprint density at radius 2 is 1.93 bits per heavy atom. The molecule has 0 aliphatic carbocycles. The average molecular weight is 232 g/mol. The number of nitrogens with one attached hydrogen (secondary N) is 1. The molecule has 15 heavy (non-hydrogen) atoms. The van der Waals surface area contributed by atoms with E-state index in [1.807, 2.05) is 6.92 Å². The summed E-state index contributed by atoms with van der Waals surface area (Å²) < 4.78 is 0. The van der Waals surface area contributed by atoms with E-state index < -0.39 is 0 Å². The van der Waals surface area contributed by atoms with E-state index in [2.05, 4.69) is 26.1 Å². The molecular formula is C11H24N2OS. The molecule has 0 bridgehead atoms. The fourth-order valence-electron chi connectivity index (χ4n) is 0.883. The molecule has 2 atom stereocenters. The molecule has 3 nitrogen and oxygen atoms in total. The molecule has 2 unspecified atom stereocenters. The van der Waals surface area contributed by atoms with Gasteiger partial charge in [0.1, 0.15) is 0 Å². The van der Waals surface area contributed by atoms with Crippen LogP contribution in [0.2, 0.25) is 0 Å². The van der Waals surface area contributed by atoms with Crippen LogP contribution in [0.3, 0.4) is 0 Å². The van der Waals surface area contributed by atoms with E-state index in [-0.39, 0.29) is 11.9 Å². The van der Waals surface area contributed by atoms with Gasteiger partial charge in [0.15, 0.2) is 0 Å². The Labute approximate surface area is 97.6 Å². The fraction of sp³-hybridized carbons (Fsp3) is 0.909. The highest BCUT2D eigenvalue weighted by Gasteiger charge is 2.10. The number of carbonyl (C=O) groups excluding carboxylic acids is 1. The number of thioether (sulfide) groups is 1. The van der Waals surface area contributed by atoms with Crippen molar-refractivity contribution in [2.24, 2.45) is 17.6 Å². The summed E-state index contributed by atoms with van der Waals surface area (Å²) in [7, 11) is 0. The van der Waals surface area contributed by atoms with Gasteiger partial charge in [-0.25, -0.2) is 0 Å². The summed E-state index contributed by atoms with van der Waals surface area (Å²) in [6.45, 7) is 9.04. The highest BCUT2D eigenvalue weighted by molar-refractivity contribution is 7.99. The molecule has 0 radical (unpaired) electrons. The molecule has 0 aromatic carbocycles. The van der Waals surface area contributed by atoms with Gasteiger partial charge in [-0.1, -0.05) is 20.8 Å². The van der Waals surface area contributed by atoms with Crippen molar-refractivity contribution in [2.45, 2.75) is 33.7 Å². The van der Waals surface area contributed by atoms with Crippen molar-refractivity contribution in [3.8, 4) is 0 Å². The largest absolute Gasteiger partial charge is 0.353 e. The van der Waals surface area contributed by atoms with Crippen molar-refractivity contribution < 1.29 is 4.79 Å². The van der Waals surface area contributed by atoms with E-state index >= 15 is 0 Å². The number of hydrogen-bond acceptors (Lipinski definition) is 3. The molecule has 0 saturated heterocycles. The Morgan fingerprint density at radius 1 is 1.33 bits per heavy atom. The summed E-state index contributed by atoms with van der Waals surface area (Å²) in [5.41, 5.74) is 5.50. The van der Waals surface area contributed by atoms with Crippen LogP contribution in [-0.2, 0) is 4.79 Å². The minimum Gasteiger partial charge on any atom is -0.353 e. The summed E-state index contributed by atoms with van der Waals surface area (Å²) in [4.78, 5) is 11.5. The first-order valence-electron chi connectivity index (χ1n) is 5.54. The average Bonchev–Trinajstić information content (AvgIpc) is 2.17. The Balaban J connectivity index is 3.58. The highest BCUT2D eigenvalue weighted by Crippen LogP contribution is 2.07. The zero-order chi connectivity index (χ0) is 11.8. The Hall–Kier alpha value is -0.220. The predicted octanol–water partition coefficient (Wildman–Crippen LogP) is 1.48. The molecule has 0 spiro atoms. The van der Waals surface area contributed by atoms with Crippen LogP contribution in [0.4, 0.5) is 0 Å². The molecular weight excluding hydrogens is 208 g/mol. The van der Waals surface area contributed by atoms with Gasteiger partial charge in [0, 0.05) is 6.04 Å². The summed E-state index contributed by atoms with van der Waals surface area (Å²) in [6, 6.07) is 0.255. The quantitative estimate of drug-likeness (QED) is 0.699. The van der Waals surface area contributed by atoms with Gasteiger partial charge in [-0.05, 0) is 31.1 Å². The van der Waals surface area contributed by atoms with Crippen molar-refractivity contribution >= 4 is 17.7 Å². The molecule has 0 aromatic rings. The molecule has 0 aliphatic rings. The minimum atomic E-state index is 0.130. The lowest BCUT2D eigenvalue weighted by atomic mass is 10.1. The topological polar surface area (TPSA) is 55.1 Å². The van der Waals surface area contributed by atoms with Crippen molar-refractivity contribution in [3.05, 3.63) is 0 Å². The van der Waals surface area contributed by atoms with Crippen LogP contribution >= 0.6 is 11.8 Å². The normalized spacial score (nSPS) is 15.1. The maximum atomic E-state index is 11.5. The van der Waals surface area contributed by atoms with Gasteiger partial charge in [0.2, 0.25) is 5.91 Å². The summed E-state index contributed by atoms with van der Waals surface area (Å²) in [5, 5.41) is 2.98. The Morgan fingerprint density at radius 3 is 2.40 bits per heavy atom. The molecule has 0 saturated carbocycles. The van der Waals surface area contributed by atoms with Gasteiger partial charge in [0.25, 0.3) is 0 Å². The standard InChI is InChI=1S/C11H24N2OS/c1-8(2)10(4)13-11(14)7-15-6-9(3)5-12/h8-10H,5-7,12H2,1-4H3,(H,13,14). The maximum Gasteiger partial charge on any atom is 0.230 e. The lowest BCUT2D eigenvalue weighted by Crippen LogP contribution is -2.37. The first-order valence-corrected chi connectivity index (χ1v) is 6.70. The molecule has 0 heterocycles. The third-order valence-corrected chi connectivity index (χ3v) is 3.70. The summed E-state index contributed by atoms with van der Waals surface area (Å²) in [6.07, 6.45) is 0. The SMILES string of the molecule is CC(CN)CSCC(=O)NC(C)C(C)C. The monoisotopic (exact) mass is 232 g/mol. The number of nitrogens with two attached hydrogens (primary N) is 1. The molecule has 3 N–H and O–H groups in total. The Bertz CT molecular complexity index is 185. The van der Waals surface area contributed by atoms with Gasteiger partial charge < -0.3 is 11.1 Å². The van der Waals surface area contributed by atoms with Crippen LogP contribution in [0.1, 0.15) is 27.7 Å². The van der Waals surface area contributed by atoms with Gasteiger partial charge in [-0.3, -0.25) is 4.79 Å². The second-order valence-corrected chi connectivity index (χ2v) is 5.49. The van der Waals surface area contributed by atoms with Crippen LogP contribution in [-0.4, -0.2) is 30.0 Å². The van der Waals surface area contributed by atoms with Crippen molar-refractivity contribution in [1.82, 2.24) is 5.32 Å². The maximum absolute atomic E-state index is 11.5. The molecule has 0 aliphatic heterocycles. The van der Waals surface area contributed by atoms with E-state index in [9.17, 15) is 4.79 Å². The first-order chi connectivity index (χ1) is 6.97. The van der Waals surface area contributed by atoms with E-state index in [0.29, 0.717) is 24.1 Å². The molecule has 0 rings (SSSR count). The van der Waals surface area contributed by atoms with E-state index in [1.165, 1.54) is 0 Å². The fourth-order valence-corrected chi connectivity index (χ4v) is 1.81. The van der Waals surface area contributed by atoms with Crippen LogP contribution in [0.5, 0.6) is 0 Å². The van der Waals surface area contributed by atoms with Crippen LogP contribution in [0.25, 0.3) is 0 Å². The third-order valence-electron chi connectivity index (χ3n) is 2.43. The van der Waals surface area contributed by atoms with Gasteiger partial charge in [-0.2, -0.15) is 11.8 Å². The van der Waals surface area contributed by atoms with Crippen molar-refractivity contribution in [1.29, 1.82) is 0 Å². The summed E-state index contributed by atoms with van der Waals surface area (Å²) >= 11 is 1.66. The van der Waals surface area contributed by atoms with Crippen LogP contribution in [0, 0.1) is 11.8 Å². The molecule has 1 amide bonds. The van der Waals surface area contributed by atoms with Crippen molar-refractivity contribution in [3.63, 3.8) is 0 Å². The van der Waals surface area contributed by atoms with Gasteiger partial charge in [-0.15, -0.1) is 0 Å². The van der Waals surface area contributed by atoms with Crippen molar-refractivity contribution in [2.75, 3.05) is 18.1 Å². The van der Waals surface area contributed by atoms with E-state index in [0.717, 1.165) is 5.75 Å². The first kappa shape index (κ1) is 14.8.